The van der Waals surface area contributed by atoms with Gasteiger partial charge in [0.2, 0.25) is 11.8 Å². The van der Waals surface area contributed by atoms with Crippen LogP contribution in [0.25, 0.3) is 0 Å². The first-order valence-electron chi connectivity index (χ1n) is 23.1. The summed E-state index contributed by atoms with van der Waals surface area (Å²) < 4.78 is 0. The Bertz CT molecular complexity index is 1070. The van der Waals surface area contributed by atoms with Crippen molar-refractivity contribution in [3.8, 4) is 0 Å². The van der Waals surface area contributed by atoms with Gasteiger partial charge in [0.05, 0.1) is 0 Å². The molecule has 1 aliphatic rings. The van der Waals surface area contributed by atoms with Crippen LogP contribution in [-0.2, 0) is 38.5 Å². The highest BCUT2D eigenvalue weighted by Gasteiger charge is 2.27. The molecule has 0 bridgehead atoms. The summed E-state index contributed by atoms with van der Waals surface area (Å²) in [6, 6.07) is -2.36. The van der Waals surface area contributed by atoms with Crippen LogP contribution in [0.1, 0.15) is 200 Å². The predicted octanol–water partition coefficient (Wildman–Crippen LogP) is 6.12. The minimum Gasteiger partial charge on any atom is -0.369 e. The van der Waals surface area contributed by atoms with Gasteiger partial charge in [-0.15, -0.1) is 5.48 Å². The van der Waals surface area contributed by atoms with Crippen LogP contribution in [0.15, 0.2) is 0 Å². The molecular formula is C43H83N7O8. The molecule has 0 aromatic heterocycles. The molecule has 0 saturated carbocycles. The molecule has 338 valence electrons. The molecule has 1 aliphatic heterocycles. The van der Waals surface area contributed by atoms with Gasteiger partial charge in [-0.2, -0.15) is 11.0 Å². The highest BCUT2D eigenvalue weighted by atomic mass is 16.7. The van der Waals surface area contributed by atoms with Gasteiger partial charge in [0, 0.05) is 25.9 Å². The lowest BCUT2D eigenvalue weighted by Gasteiger charge is -2.21. The Morgan fingerprint density at radius 1 is 0.448 bits per heavy atom. The molecule has 15 heteroatoms. The van der Waals surface area contributed by atoms with Crippen LogP contribution in [0.2, 0.25) is 0 Å². The van der Waals surface area contributed by atoms with E-state index in [1.807, 2.05) is 0 Å². The first-order valence-corrected chi connectivity index (χ1v) is 23.1. The van der Waals surface area contributed by atoms with Crippen molar-refractivity contribution in [1.82, 2.24) is 27.1 Å². The van der Waals surface area contributed by atoms with Crippen LogP contribution in [0, 0.1) is 0 Å². The first kappa shape index (κ1) is 53.2. The lowest BCUT2D eigenvalue weighted by molar-refractivity contribution is -0.167. The number of amides is 2. The topological polar surface area (TPSA) is 225 Å². The number of hydroxylamine groups is 3. The quantitative estimate of drug-likeness (QED) is 0.0871. The van der Waals surface area contributed by atoms with Crippen molar-refractivity contribution in [3.63, 3.8) is 0 Å². The molecule has 0 aromatic rings. The third-order valence-corrected chi connectivity index (χ3v) is 10.5. The molecule has 1 rings (SSSR count). The Labute approximate surface area is 350 Å². The van der Waals surface area contributed by atoms with E-state index in [2.05, 4.69) is 34.0 Å². The number of nitrogens with one attached hydrogen (secondary N) is 5. The maximum atomic E-state index is 13.1. The zero-order valence-corrected chi connectivity index (χ0v) is 36.2. The Morgan fingerprint density at radius 2 is 0.793 bits per heavy atom. The van der Waals surface area contributed by atoms with Gasteiger partial charge >= 0.3 is 17.9 Å². The molecule has 15 nitrogen and oxygen atoms in total. The van der Waals surface area contributed by atoms with Crippen LogP contribution in [0.3, 0.4) is 0 Å². The first-order chi connectivity index (χ1) is 28.3. The maximum Gasteiger partial charge on any atom is 0.347 e. The average molecular weight is 826 g/mol. The number of carbonyl (C=O) groups is 5. The minimum absolute atomic E-state index is 0.0953. The van der Waals surface area contributed by atoms with Crippen LogP contribution in [0.4, 0.5) is 0 Å². The number of unbranched alkanes of at least 4 members (excludes halogenated alkanes) is 4. The van der Waals surface area contributed by atoms with Gasteiger partial charge in [-0.25, -0.2) is 14.4 Å². The van der Waals surface area contributed by atoms with Crippen molar-refractivity contribution in [2.75, 3.05) is 26.2 Å². The Kier molecular flexibility index (Phi) is 35.2. The largest absolute Gasteiger partial charge is 0.369 e. The van der Waals surface area contributed by atoms with Crippen molar-refractivity contribution in [3.05, 3.63) is 0 Å². The molecule has 9 N–H and O–H groups in total. The summed E-state index contributed by atoms with van der Waals surface area (Å²) in [6.45, 7) is 4.15. The molecule has 0 aliphatic carbocycles. The number of nitrogens with two attached hydrogens (primary N) is 2. The molecule has 1 fully saturated rings. The fraction of sp³-hybridized carbons (Fsp3) is 0.884. The summed E-state index contributed by atoms with van der Waals surface area (Å²) in [5, 5.41) is 5.76. The average Bonchev–Trinajstić information content (AvgIpc) is 3.21. The van der Waals surface area contributed by atoms with Crippen molar-refractivity contribution < 1.29 is 38.5 Å². The second-order valence-corrected chi connectivity index (χ2v) is 15.9. The van der Waals surface area contributed by atoms with Gasteiger partial charge in [0.1, 0.15) is 18.1 Å². The third kappa shape index (κ3) is 30.2. The monoisotopic (exact) mass is 826 g/mol. The highest BCUT2D eigenvalue weighted by molar-refractivity contribution is 5.85. The van der Waals surface area contributed by atoms with E-state index in [4.69, 9.17) is 26.0 Å². The zero-order valence-electron chi connectivity index (χ0n) is 36.2. The lowest BCUT2D eigenvalue weighted by atomic mass is 10.1. The van der Waals surface area contributed by atoms with E-state index in [1.165, 1.54) is 0 Å². The van der Waals surface area contributed by atoms with Crippen molar-refractivity contribution in [2.24, 2.45) is 11.5 Å². The SMILES string of the molecule is CCCCCC1NC(=O)CCCCCCCCCCCNOC(=O)C(CCCCN)NOC(=O)C(CCCCN)NC(=O)CCCCCCCCCCCNOC1=O. The molecule has 0 spiro atoms. The van der Waals surface area contributed by atoms with Crippen molar-refractivity contribution >= 4 is 29.7 Å². The van der Waals surface area contributed by atoms with E-state index in [-0.39, 0.29) is 11.8 Å². The maximum absolute atomic E-state index is 13.1. The summed E-state index contributed by atoms with van der Waals surface area (Å²) in [5.41, 5.74) is 19.5. The van der Waals surface area contributed by atoms with Crippen LogP contribution >= 0.6 is 0 Å². The van der Waals surface area contributed by atoms with E-state index < -0.39 is 36.0 Å². The molecule has 2 amide bonds. The second kappa shape index (κ2) is 38.4. The molecule has 1 saturated heterocycles. The lowest BCUT2D eigenvalue weighted by Crippen LogP contribution is -2.47. The normalized spacial score (nSPS) is 23.2. The molecule has 0 aromatic carbocycles. The van der Waals surface area contributed by atoms with E-state index in [0.717, 1.165) is 135 Å². The highest BCUT2D eigenvalue weighted by Crippen LogP contribution is 2.14. The fourth-order valence-electron chi connectivity index (χ4n) is 6.87. The molecule has 3 unspecified atom stereocenters. The van der Waals surface area contributed by atoms with Gasteiger partial charge in [-0.05, 0) is 83.7 Å². The van der Waals surface area contributed by atoms with E-state index in [1.54, 1.807) is 0 Å². The Morgan fingerprint density at radius 3 is 1.21 bits per heavy atom. The Balaban J connectivity index is 2.71. The van der Waals surface area contributed by atoms with Gasteiger partial charge in [0.25, 0.3) is 0 Å². The summed E-state index contributed by atoms with van der Waals surface area (Å²) >= 11 is 0. The molecule has 0 radical (unpaired) electrons. The van der Waals surface area contributed by atoms with E-state index >= 15 is 0 Å². The molecule has 1 heterocycles. The molecular weight excluding hydrogens is 743 g/mol. The van der Waals surface area contributed by atoms with E-state index in [9.17, 15) is 24.0 Å². The Hall–Kier alpha value is -2.85. The number of hydrogen-bond donors (Lipinski definition) is 7. The fourth-order valence-corrected chi connectivity index (χ4v) is 6.87. The van der Waals surface area contributed by atoms with Gasteiger partial charge < -0.3 is 36.6 Å². The molecule has 58 heavy (non-hydrogen) atoms. The number of carbonyl (C=O) groups excluding carboxylic acids is 5. The third-order valence-electron chi connectivity index (χ3n) is 10.5. The smallest absolute Gasteiger partial charge is 0.347 e. The van der Waals surface area contributed by atoms with Crippen LogP contribution < -0.4 is 38.5 Å². The summed E-state index contributed by atoms with van der Waals surface area (Å²) in [5.74, 6) is -1.95. The van der Waals surface area contributed by atoms with Crippen molar-refractivity contribution in [1.29, 1.82) is 0 Å². The second-order valence-electron chi connectivity index (χ2n) is 15.9. The summed E-state index contributed by atoms with van der Waals surface area (Å²) in [7, 11) is 0. The minimum atomic E-state index is -0.883. The number of hydrogen-bond acceptors (Lipinski definition) is 13. The summed E-state index contributed by atoms with van der Waals surface area (Å²) in [6.07, 6.45) is 25.8. The zero-order chi connectivity index (χ0) is 42.3. The van der Waals surface area contributed by atoms with Crippen molar-refractivity contribution in [2.45, 2.75) is 218 Å². The molecule has 3 atom stereocenters. The van der Waals surface area contributed by atoms with E-state index in [0.29, 0.717) is 84.0 Å². The van der Waals surface area contributed by atoms with Gasteiger partial charge in [-0.3, -0.25) is 9.59 Å². The van der Waals surface area contributed by atoms with Gasteiger partial charge in [-0.1, -0.05) is 116 Å². The number of rotatable bonds is 12. The summed E-state index contributed by atoms with van der Waals surface area (Å²) in [4.78, 5) is 80.4. The van der Waals surface area contributed by atoms with Crippen LogP contribution in [0.5, 0.6) is 0 Å². The van der Waals surface area contributed by atoms with Gasteiger partial charge in [0.15, 0.2) is 0 Å². The standard InChI is InChI=1S/C43H83N7O8/c1-2-3-18-27-36-41(53)56-46-34-25-16-12-8-4-7-11-15-20-31-40(52)49-37(28-21-23-32-44)42(54)58-50-38(29-22-24-33-45)43(55)57-47-35-26-17-13-9-5-6-10-14-19-30-39(51)48-36/h36-38,46-47,50H,2-35,44-45H2,1H3,(H,48,51)(H,49,52). The predicted molar refractivity (Wildman–Crippen MR) is 227 cm³/mol. The van der Waals surface area contributed by atoms with Crippen LogP contribution in [-0.4, -0.2) is 74.0 Å².